The van der Waals surface area contributed by atoms with Crippen molar-refractivity contribution in [2.24, 2.45) is 0 Å². The number of terminal acetylenes is 1. The Balaban J connectivity index is 1.85. The van der Waals surface area contributed by atoms with E-state index in [1.807, 2.05) is 24.4 Å². The van der Waals surface area contributed by atoms with Gasteiger partial charge in [0.15, 0.2) is 0 Å². The molecular weight excluding hydrogens is 306 g/mol. The summed E-state index contributed by atoms with van der Waals surface area (Å²) in [7, 11) is 0. The van der Waals surface area contributed by atoms with Gasteiger partial charge in [0, 0.05) is 34.4 Å². The van der Waals surface area contributed by atoms with Gasteiger partial charge in [0.2, 0.25) is 0 Å². The molecule has 4 nitrogen and oxygen atoms in total. The summed E-state index contributed by atoms with van der Waals surface area (Å²) >= 11 is 1.69. The van der Waals surface area contributed by atoms with E-state index in [0.717, 1.165) is 5.52 Å². The van der Waals surface area contributed by atoms with Gasteiger partial charge in [-0.15, -0.1) is 17.8 Å². The van der Waals surface area contributed by atoms with Crippen LogP contribution >= 0.6 is 11.3 Å². The predicted octanol–water partition coefficient (Wildman–Crippen LogP) is 3.29. The van der Waals surface area contributed by atoms with Crippen LogP contribution < -0.4 is 10.6 Å². The molecule has 23 heavy (non-hydrogen) atoms. The molecule has 0 radical (unpaired) electrons. The van der Waals surface area contributed by atoms with Crippen molar-refractivity contribution in [1.29, 1.82) is 0 Å². The lowest BCUT2D eigenvalue weighted by Gasteiger charge is -2.16. The summed E-state index contributed by atoms with van der Waals surface area (Å²) in [5, 5.41) is 8.76. The smallest absolute Gasteiger partial charge is 0.315 e. The lowest BCUT2D eigenvalue weighted by molar-refractivity contribution is 0.242. The Kier molecular flexibility index (Phi) is 4.65. The summed E-state index contributed by atoms with van der Waals surface area (Å²) in [5.74, 6) is 2.49. The van der Waals surface area contributed by atoms with E-state index in [4.69, 9.17) is 6.42 Å². The zero-order valence-electron chi connectivity index (χ0n) is 12.5. The average Bonchev–Trinajstić information content (AvgIpc) is 3.24. The molecule has 3 N–H and O–H groups in total. The lowest BCUT2D eigenvalue weighted by atomic mass is 9.97. The number of aromatic amines is 1. The minimum atomic E-state index is -0.246. The van der Waals surface area contributed by atoms with Gasteiger partial charge in [-0.05, 0) is 23.1 Å². The Bertz CT molecular complexity index is 829. The topological polar surface area (TPSA) is 56.9 Å². The van der Waals surface area contributed by atoms with Crippen LogP contribution in [0.15, 0.2) is 48.0 Å². The zero-order chi connectivity index (χ0) is 16.1. The van der Waals surface area contributed by atoms with Gasteiger partial charge in [-0.2, -0.15) is 0 Å². The molecule has 5 heteroatoms. The van der Waals surface area contributed by atoms with Crippen molar-refractivity contribution in [1.82, 2.24) is 15.6 Å². The van der Waals surface area contributed by atoms with Crippen LogP contribution in [-0.4, -0.2) is 24.1 Å². The first-order valence-corrected chi connectivity index (χ1v) is 8.22. The van der Waals surface area contributed by atoms with Gasteiger partial charge in [0.05, 0.1) is 6.54 Å². The molecule has 0 unspecified atom stereocenters. The second-order valence-electron chi connectivity index (χ2n) is 5.13. The summed E-state index contributed by atoms with van der Waals surface area (Å²) in [6, 6.07) is 12.1. The highest BCUT2D eigenvalue weighted by Crippen LogP contribution is 2.32. The fraction of sp³-hybridized carbons (Fsp3) is 0.167. The molecule has 0 fully saturated rings. The largest absolute Gasteiger partial charge is 0.361 e. The number of rotatable bonds is 5. The van der Waals surface area contributed by atoms with Crippen molar-refractivity contribution in [3.63, 3.8) is 0 Å². The van der Waals surface area contributed by atoms with E-state index < -0.39 is 0 Å². The number of carbonyl (C=O) groups is 1. The highest BCUT2D eigenvalue weighted by atomic mass is 32.1. The van der Waals surface area contributed by atoms with Gasteiger partial charge in [-0.1, -0.05) is 30.2 Å². The molecule has 116 valence electrons. The molecule has 0 saturated carbocycles. The fourth-order valence-electron chi connectivity index (χ4n) is 2.62. The van der Waals surface area contributed by atoms with Gasteiger partial charge in [0.25, 0.3) is 0 Å². The normalized spacial score (nSPS) is 11.8. The fourth-order valence-corrected chi connectivity index (χ4v) is 3.47. The molecule has 1 aromatic carbocycles. The highest BCUT2D eigenvalue weighted by molar-refractivity contribution is 7.10. The van der Waals surface area contributed by atoms with Crippen molar-refractivity contribution in [2.45, 2.75) is 5.92 Å². The molecule has 3 rings (SSSR count). The molecule has 0 spiro atoms. The summed E-state index contributed by atoms with van der Waals surface area (Å²) in [6.07, 6.45) is 7.18. The van der Waals surface area contributed by atoms with Crippen LogP contribution in [0.5, 0.6) is 0 Å². The third kappa shape index (κ3) is 3.38. The maximum absolute atomic E-state index is 11.8. The number of hydrogen-bond acceptors (Lipinski definition) is 2. The second-order valence-corrected chi connectivity index (χ2v) is 6.10. The zero-order valence-corrected chi connectivity index (χ0v) is 13.3. The van der Waals surface area contributed by atoms with Crippen LogP contribution in [0.1, 0.15) is 16.4 Å². The quantitative estimate of drug-likeness (QED) is 0.620. The predicted molar refractivity (Wildman–Crippen MR) is 94.7 cm³/mol. The number of H-pyrrole nitrogens is 1. The summed E-state index contributed by atoms with van der Waals surface area (Å²) in [6.45, 7) is 0.737. The first-order chi connectivity index (χ1) is 11.3. The van der Waals surface area contributed by atoms with Crippen LogP contribution in [0.2, 0.25) is 0 Å². The molecule has 0 aliphatic rings. The summed E-state index contributed by atoms with van der Waals surface area (Å²) in [4.78, 5) is 16.3. The van der Waals surface area contributed by atoms with Crippen LogP contribution in [0.25, 0.3) is 10.9 Å². The van der Waals surface area contributed by atoms with E-state index in [-0.39, 0.29) is 18.5 Å². The number of carbonyl (C=O) groups excluding carboxylic acids is 1. The average molecular weight is 323 g/mol. The maximum Gasteiger partial charge on any atom is 0.315 e. The van der Waals surface area contributed by atoms with Crippen molar-refractivity contribution in [2.75, 3.05) is 13.1 Å². The van der Waals surface area contributed by atoms with Crippen LogP contribution in [0.4, 0.5) is 4.79 Å². The van der Waals surface area contributed by atoms with Gasteiger partial charge in [-0.25, -0.2) is 4.79 Å². The number of hydrogen-bond donors (Lipinski definition) is 3. The third-order valence-electron chi connectivity index (χ3n) is 3.70. The number of urea groups is 1. The number of nitrogens with one attached hydrogen (secondary N) is 3. The summed E-state index contributed by atoms with van der Waals surface area (Å²) < 4.78 is 0. The van der Waals surface area contributed by atoms with E-state index in [1.54, 1.807) is 11.3 Å². The molecule has 0 saturated heterocycles. The number of fused-ring (bicyclic) bond motifs is 1. The number of aromatic nitrogens is 1. The van der Waals surface area contributed by atoms with Gasteiger partial charge < -0.3 is 15.6 Å². The molecule has 0 aliphatic carbocycles. The number of para-hydroxylation sites is 1. The number of amides is 2. The molecule has 2 aromatic heterocycles. The Morgan fingerprint density at radius 2 is 2.13 bits per heavy atom. The second kappa shape index (κ2) is 7.03. The van der Waals surface area contributed by atoms with Crippen molar-refractivity contribution in [3.05, 3.63) is 58.4 Å². The van der Waals surface area contributed by atoms with E-state index in [2.05, 4.69) is 45.1 Å². The van der Waals surface area contributed by atoms with Crippen LogP contribution in [0.3, 0.4) is 0 Å². The van der Waals surface area contributed by atoms with E-state index >= 15 is 0 Å². The monoisotopic (exact) mass is 323 g/mol. The third-order valence-corrected chi connectivity index (χ3v) is 4.69. The SMILES string of the molecule is C#CCNC(=O)NC[C@@H](c1cccs1)c1c[nH]c2ccccc12. The minimum absolute atomic E-state index is 0.0998. The van der Waals surface area contributed by atoms with Crippen molar-refractivity contribution < 1.29 is 4.79 Å². The lowest BCUT2D eigenvalue weighted by Crippen LogP contribution is -2.38. The molecular formula is C18H17N3OS. The van der Waals surface area contributed by atoms with Gasteiger partial charge in [-0.3, -0.25) is 0 Å². The highest BCUT2D eigenvalue weighted by Gasteiger charge is 2.19. The molecule has 2 heterocycles. The molecule has 2 amide bonds. The Hall–Kier alpha value is -2.71. The first kappa shape index (κ1) is 15.2. The first-order valence-electron chi connectivity index (χ1n) is 7.34. The molecule has 0 aliphatic heterocycles. The Morgan fingerprint density at radius 1 is 1.26 bits per heavy atom. The molecule has 1 atom stereocenters. The van der Waals surface area contributed by atoms with E-state index in [1.165, 1.54) is 15.8 Å². The standard InChI is InChI=1S/C18H17N3OS/c1-2-9-19-18(22)21-12-15(17-8-5-10-23-17)14-11-20-16-7-4-3-6-13(14)16/h1,3-8,10-11,15,20H,9,12H2,(H2,19,21,22)/t15-/m1/s1. The Morgan fingerprint density at radius 3 is 2.91 bits per heavy atom. The van der Waals surface area contributed by atoms with Gasteiger partial charge in [0.1, 0.15) is 0 Å². The van der Waals surface area contributed by atoms with E-state index in [0.29, 0.717) is 6.54 Å². The van der Waals surface area contributed by atoms with E-state index in [9.17, 15) is 4.79 Å². The summed E-state index contributed by atoms with van der Waals surface area (Å²) in [5.41, 5.74) is 2.28. The Labute approximate surface area is 138 Å². The van der Waals surface area contributed by atoms with Crippen LogP contribution in [-0.2, 0) is 0 Å². The molecule has 0 bridgehead atoms. The molecule has 3 aromatic rings. The minimum Gasteiger partial charge on any atom is -0.361 e. The number of benzene rings is 1. The van der Waals surface area contributed by atoms with Crippen LogP contribution in [0, 0.1) is 12.3 Å². The maximum atomic E-state index is 11.8. The van der Waals surface area contributed by atoms with Crippen molar-refractivity contribution in [3.8, 4) is 12.3 Å². The van der Waals surface area contributed by atoms with Gasteiger partial charge >= 0.3 is 6.03 Å². The number of thiophene rings is 1. The van der Waals surface area contributed by atoms with Crippen molar-refractivity contribution >= 4 is 28.3 Å².